The molecule has 0 fully saturated rings. The molecular weight excluding hydrogens is 285 g/mol. The summed E-state index contributed by atoms with van der Waals surface area (Å²) in [5.41, 5.74) is -0.274. The summed E-state index contributed by atoms with van der Waals surface area (Å²) in [6, 6.07) is 4.74. The van der Waals surface area contributed by atoms with Crippen molar-refractivity contribution in [3.63, 3.8) is 0 Å². The molecule has 0 bridgehead atoms. The van der Waals surface area contributed by atoms with Crippen LogP contribution in [0.15, 0.2) is 23.1 Å². The second-order valence-corrected chi connectivity index (χ2v) is 7.09. The molecule has 0 saturated heterocycles. The van der Waals surface area contributed by atoms with Crippen LogP contribution in [-0.2, 0) is 9.84 Å². The zero-order valence-electron chi connectivity index (χ0n) is 7.74. The second kappa shape index (κ2) is 4.29. The van der Waals surface area contributed by atoms with Crippen molar-refractivity contribution < 1.29 is 12.8 Å². The highest BCUT2D eigenvalue weighted by atomic mass is 79.9. The summed E-state index contributed by atoms with van der Waals surface area (Å²) in [6.45, 7) is 1.45. The Kier molecular flexibility index (Phi) is 3.47. The molecule has 1 atom stereocenters. The van der Waals surface area contributed by atoms with E-state index in [-0.39, 0.29) is 10.5 Å². The van der Waals surface area contributed by atoms with Gasteiger partial charge in [-0.05, 0) is 25.1 Å². The molecule has 0 spiro atoms. The third-order valence-corrected chi connectivity index (χ3v) is 5.06. The van der Waals surface area contributed by atoms with Crippen LogP contribution in [0.1, 0.15) is 12.5 Å². The van der Waals surface area contributed by atoms with Crippen LogP contribution in [0.5, 0.6) is 0 Å². The van der Waals surface area contributed by atoms with E-state index in [1.807, 2.05) is 0 Å². The van der Waals surface area contributed by atoms with Crippen molar-refractivity contribution in [2.45, 2.75) is 16.0 Å². The molecule has 3 nitrogen and oxygen atoms in total. The standard InChI is InChI=1S/C9H7BrFNO2S/c1-6(10)15(13,14)8-2-3-9(11)7(4-8)5-12/h2-4,6H,1H3. The molecule has 80 valence electrons. The molecule has 0 aliphatic carbocycles. The highest BCUT2D eigenvalue weighted by molar-refractivity contribution is 9.11. The van der Waals surface area contributed by atoms with Gasteiger partial charge in [-0.3, -0.25) is 0 Å². The minimum Gasteiger partial charge on any atom is -0.223 e. The summed E-state index contributed by atoms with van der Waals surface area (Å²) in [4.78, 5) is -0.0650. The van der Waals surface area contributed by atoms with Crippen LogP contribution in [0.4, 0.5) is 4.39 Å². The van der Waals surface area contributed by atoms with Gasteiger partial charge in [0.2, 0.25) is 0 Å². The SMILES string of the molecule is CC(Br)S(=O)(=O)c1ccc(F)c(C#N)c1. The van der Waals surface area contributed by atoms with E-state index in [2.05, 4.69) is 15.9 Å². The number of sulfone groups is 1. The highest BCUT2D eigenvalue weighted by Gasteiger charge is 2.21. The van der Waals surface area contributed by atoms with Crippen LogP contribution in [0.3, 0.4) is 0 Å². The van der Waals surface area contributed by atoms with Crippen LogP contribution in [-0.4, -0.2) is 12.6 Å². The summed E-state index contributed by atoms with van der Waals surface area (Å²) in [7, 11) is -3.53. The van der Waals surface area contributed by atoms with Gasteiger partial charge in [0.15, 0.2) is 9.84 Å². The van der Waals surface area contributed by atoms with E-state index >= 15 is 0 Å². The maximum atomic E-state index is 12.9. The molecule has 0 radical (unpaired) electrons. The molecule has 0 aromatic heterocycles. The quantitative estimate of drug-likeness (QED) is 0.620. The van der Waals surface area contributed by atoms with E-state index in [1.165, 1.54) is 6.92 Å². The largest absolute Gasteiger partial charge is 0.223 e. The molecule has 1 rings (SSSR count). The summed E-state index contributed by atoms with van der Waals surface area (Å²) >= 11 is 2.93. The Morgan fingerprint density at radius 2 is 2.13 bits per heavy atom. The van der Waals surface area contributed by atoms with E-state index in [1.54, 1.807) is 6.07 Å². The lowest BCUT2D eigenvalue weighted by atomic mass is 10.2. The van der Waals surface area contributed by atoms with E-state index in [4.69, 9.17) is 5.26 Å². The topological polar surface area (TPSA) is 57.9 Å². The van der Waals surface area contributed by atoms with Crippen LogP contribution >= 0.6 is 15.9 Å². The monoisotopic (exact) mass is 291 g/mol. The maximum Gasteiger partial charge on any atom is 0.190 e. The highest BCUT2D eigenvalue weighted by Crippen LogP contribution is 2.21. The number of hydrogen-bond acceptors (Lipinski definition) is 3. The van der Waals surface area contributed by atoms with Gasteiger partial charge in [0.1, 0.15) is 16.0 Å². The maximum absolute atomic E-state index is 12.9. The molecule has 6 heteroatoms. The Morgan fingerprint density at radius 1 is 1.53 bits per heavy atom. The zero-order valence-corrected chi connectivity index (χ0v) is 10.1. The normalized spacial score (nSPS) is 13.2. The van der Waals surface area contributed by atoms with Gasteiger partial charge < -0.3 is 0 Å². The number of rotatable bonds is 2. The Hall–Kier alpha value is -0.930. The van der Waals surface area contributed by atoms with Crippen molar-refractivity contribution in [1.82, 2.24) is 0 Å². The molecule has 0 saturated carbocycles. The first kappa shape index (κ1) is 12.1. The molecular formula is C9H7BrFNO2S. The van der Waals surface area contributed by atoms with Gasteiger partial charge in [-0.2, -0.15) is 5.26 Å². The van der Waals surface area contributed by atoms with Gasteiger partial charge in [0, 0.05) is 0 Å². The molecule has 0 amide bonds. The smallest absolute Gasteiger partial charge is 0.190 e. The van der Waals surface area contributed by atoms with Crippen LogP contribution in [0.25, 0.3) is 0 Å². The lowest BCUT2D eigenvalue weighted by Crippen LogP contribution is -2.11. The van der Waals surface area contributed by atoms with Crippen molar-refractivity contribution in [1.29, 1.82) is 5.26 Å². The summed E-state index contributed by atoms with van der Waals surface area (Å²) in [6.07, 6.45) is 0. The number of benzene rings is 1. The van der Waals surface area contributed by atoms with Gasteiger partial charge in [0.05, 0.1) is 10.5 Å². The van der Waals surface area contributed by atoms with Crippen molar-refractivity contribution in [3.8, 4) is 6.07 Å². The van der Waals surface area contributed by atoms with Gasteiger partial charge in [-0.15, -0.1) is 0 Å². The first-order valence-electron chi connectivity index (χ1n) is 3.97. The average molecular weight is 292 g/mol. The molecule has 0 aliphatic rings. The minimum absolute atomic E-state index is 0.0650. The fourth-order valence-electron chi connectivity index (χ4n) is 0.955. The fraction of sp³-hybridized carbons (Fsp3) is 0.222. The third-order valence-electron chi connectivity index (χ3n) is 1.81. The van der Waals surface area contributed by atoms with E-state index in [9.17, 15) is 12.8 Å². The zero-order chi connectivity index (χ0) is 11.6. The Balaban J connectivity index is 3.37. The first-order valence-corrected chi connectivity index (χ1v) is 6.43. The van der Waals surface area contributed by atoms with E-state index in [0.717, 1.165) is 18.2 Å². The lowest BCUT2D eigenvalue weighted by Gasteiger charge is -2.06. The third kappa shape index (κ3) is 2.36. The number of nitriles is 1. The first-order chi connectivity index (χ1) is 6.89. The Labute approximate surface area is 95.6 Å². The molecule has 0 heterocycles. The van der Waals surface area contributed by atoms with Crippen molar-refractivity contribution in [2.24, 2.45) is 0 Å². The van der Waals surface area contributed by atoms with Crippen LogP contribution < -0.4 is 0 Å². The molecule has 0 aliphatic heterocycles. The van der Waals surface area contributed by atoms with E-state index < -0.39 is 19.8 Å². The number of nitrogens with zero attached hydrogens (tertiary/aromatic N) is 1. The predicted octanol–water partition coefficient (Wildman–Crippen LogP) is 2.21. The van der Waals surface area contributed by atoms with Gasteiger partial charge in [0.25, 0.3) is 0 Å². The molecule has 1 aromatic rings. The minimum atomic E-state index is -3.53. The van der Waals surface area contributed by atoms with Crippen molar-refractivity contribution in [3.05, 3.63) is 29.6 Å². The van der Waals surface area contributed by atoms with Crippen LogP contribution in [0.2, 0.25) is 0 Å². The van der Waals surface area contributed by atoms with Crippen LogP contribution in [0, 0.1) is 17.1 Å². The summed E-state index contributed by atoms with van der Waals surface area (Å²) in [5.74, 6) is -0.723. The van der Waals surface area contributed by atoms with Crippen molar-refractivity contribution in [2.75, 3.05) is 0 Å². The molecule has 0 N–H and O–H groups in total. The Morgan fingerprint density at radius 3 is 2.60 bits per heavy atom. The van der Waals surface area contributed by atoms with Gasteiger partial charge in [-0.1, -0.05) is 15.9 Å². The second-order valence-electron chi connectivity index (χ2n) is 2.84. The fourth-order valence-corrected chi connectivity index (χ4v) is 2.52. The van der Waals surface area contributed by atoms with E-state index in [0.29, 0.717) is 0 Å². The van der Waals surface area contributed by atoms with Gasteiger partial charge in [-0.25, -0.2) is 12.8 Å². The molecule has 1 aromatic carbocycles. The molecule has 1 unspecified atom stereocenters. The average Bonchev–Trinajstić information content (AvgIpc) is 2.18. The predicted molar refractivity (Wildman–Crippen MR) is 56.7 cm³/mol. The summed E-state index contributed by atoms with van der Waals surface area (Å²) < 4.78 is 35.4. The number of hydrogen-bond donors (Lipinski definition) is 0. The number of alkyl halides is 1. The van der Waals surface area contributed by atoms with Crippen molar-refractivity contribution >= 4 is 25.8 Å². The lowest BCUT2D eigenvalue weighted by molar-refractivity contribution is 0.594. The Bertz CT molecular complexity index is 519. The van der Waals surface area contributed by atoms with Gasteiger partial charge >= 0.3 is 0 Å². The number of halogens is 2. The molecule has 15 heavy (non-hydrogen) atoms. The summed E-state index contributed by atoms with van der Waals surface area (Å²) in [5, 5.41) is 8.55.